The Labute approximate surface area is 191 Å². The second-order valence-corrected chi connectivity index (χ2v) is 9.58. The number of nitrogens with zero attached hydrogens (tertiary/aromatic N) is 2. The van der Waals surface area contributed by atoms with Crippen molar-refractivity contribution in [3.63, 3.8) is 0 Å². The zero-order chi connectivity index (χ0) is 22.5. The molecule has 3 aromatic rings. The zero-order valence-corrected chi connectivity index (χ0v) is 18.7. The Morgan fingerprint density at radius 2 is 1.66 bits per heavy atom. The minimum atomic E-state index is -1.18. The summed E-state index contributed by atoms with van der Waals surface area (Å²) >= 11 is 1.33. The molecule has 1 atom stereocenters. The summed E-state index contributed by atoms with van der Waals surface area (Å²) in [7, 11) is 0. The number of benzene rings is 3. The molecule has 0 bridgehead atoms. The van der Waals surface area contributed by atoms with Gasteiger partial charge < -0.3 is 4.90 Å². The molecule has 2 heterocycles. The van der Waals surface area contributed by atoms with Crippen molar-refractivity contribution in [1.29, 1.82) is 0 Å². The van der Waals surface area contributed by atoms with Crippen LogP contribution >= 0.6 is 11.8 Å². The lowest BCUT2D eigenvalue weighted by molar-refractivity contribution is -0.123. The van der Waals surface area contributed by atoms with E-state index in [0.717, 1.165) is 5.56 Å². The molecule has 0 radical (unpaired) electrons. The maximum absolute atomic E-state index is 14.4. The minimum absolute atomic E-state index is 0.108. The van der Waals surface area contributed by atoms with Gasteiger partial charge in [-0.1, -0.05) is 62.4 Å². The first-order valence-corrected chi connectivity index (χ1v) is 11.6. The van der Waals surface area contributed by atoms with Crippen molar-refractivity contribution in [3.05, 3.63) is 95.3 Å². The molecule has 0 unspecified atom stereocenters. The van der Waals surface area contributed by atoms with E-state index in [1.54, 1.807) is 28.0 Å². The number of para-hydroxylation sites is 1. The van der Waals surface area contributed by atoms with Crippen LogP contribution < -0.4 is 9.80 Å². The van der Waals surface area contributed by atoms with E-state index >= 15 is 0 Å². The Kier molecular flexibility index (Phi) is 5.05. The van der Waals surface area contributed by atoms with Gasteiger partial charge in [-0.15, -0.1) is 11.8 Å². The number of thioether (sulfide) groups is 1. The third-order valence-electron chi connectivity index (χ3n) is 6.17. The van der Waals surface area contributed by atoms with Crippen molar-refractivity contribution < 1.29 is 14.0 Å². The highest BCUT2D eigenvalue weighted by Crippen LogP contribution is 2.56. The lowest BCUT2D eigenvalue weighted by Crippen LogP contribution is -2.49. The van der Waals surface area contributed by atoms with Gasteiger partial charge in [0.1, 0.15) is 5.82 Å². The molecule has 32 heavy (non-hydrogen) atoms. The monoisotopic (exact) mass is 446 g/mol. The minimum Gasteiger partial charge on any atom is -0.304 e. The Morgan fingerprint density at radius 3 is 2.38 bits per heavy atom. The number of hydrogen-bond donors (Lipinski definition) is 0. The molecular weight excluding hydrogens is 423 g/mol. The van der Waals surface area contributed by atoms with Gasteiger partial charge in [-0.05, 0) is 35.7 Å². The zero-order valence-electron chi connectivity index (χ0n) is 17.9. The van der Waals surface area contributed by atoms with Gasteiger partial charge in [-0.25, -0.2) is 4.39 Å². The number of fused-ring (bicyclic) bond motifs is 2. The van der Waals surface area contributed by atoms with E-state index in [-0.39, 0.29) is 29.9 Å². The topological polar surface area (TPSA) is 40.6 Å². The van der Waals surface area contributed by atoms with Crippen molar-refractivity contribution in [2.75, 3.05) is 15.6 Å². The summed E-state index contributed by atoms with van der Waals surface area (Å²) < 4.78 is 14.4. The van der Waals surface area contributed by atoms with Gasteiger partial charge in [0.15, 0.2) is 0 Å². The molecule has 4 nitrogen and oxygen atoms in total. The maximum atomic E-state index is 14.4. The summed E-state index contributed by atoms with van der Waals surface area (Å²) in [5.41, 5.74) is 3.79. The first kappa shape index (κ1) is 20.8. The van der Waals surface area contributed by atoms with Gasteiger partial charge in [0.2, 0.25) is 10.8 Å². The molecule has 2 aliphatic heterocycles. The highest BCUT2D eigenvalue weighted by Gasteiger charge is 2.60. The molecule has 162 valence electrons. The Bertz CT molecular complexity index is 1210. The summed E-state index contributed by atoms with van der Waals surface area (Å²) in [6.07, 6.45) is 0. The molecule has 1 saturated heterocycles. The van der Waals surface area contributed by atoms with Crippen molar-refractivity contribution in [2.24, 2.45) is 0 Å². The van der Waals surface area contributed by atoms with Crippen LogP contribution in [0.1, 0.15) is 36.5 Å². The number of anilines is 2. The lowest BCUT2D eigenvalue weighted by Gasteiger charge is -2.33. The van der Waals surface area contributed by atoms with Crippen LogP contribution in [0.2, 0.25) is 0 Å². The van der Waals surface area contributed by atoms with Crippen LogP contribution in [0.4, 0.5) is 15.8 Å². The van der Waals surface area contributed by atoms with Gasteiger partial charge in [0.05, 0.1) is 18.0 Å². The predicted molar refractivity (Wildman–Crippen MR) is 126 cm³/mol. The highest BCUT2D eigenvalue weighted by atomic mass is 32.2. The smallest absolute Gasteiger partial charge is 0.269 e. The van der Waals surface area contributed by atoms with Crippen molar-refractivity contribution in [3.8, 4) is 0 Å². The number of carbonyl (C=O) groups excluding carboxylic acids is 2. The normalized spacial score (nSPS) is 20.0. The molecule has 0 aliphatic carbocycles. The van der Waals surface area contributed by atoms with Crippen LogP contribution in [0.5, 0.6) is 0 Å². The van der Waals surface area contributed by atoms with E-state index in [1.807, 2.05) is 48.5 Å². The van der Waals surface area contributed by atoms with Gasteiger partial charge in [-0.2, -0.15) is 0 Å². The number of rotatable bonds is 4. The first-order valence-electron chi connectivity index (χ1n) is 10.7. The third-order valence-corrected chi connectivity index (χ3v) is 7.55. The van der Waals surface area contributed by atoms with Gasteiger partial charge in [0.25, 0.3) is 5.91 Å². The average molecular weight is 447 g/mol. The fourth-order valence-electron chi connectivity index (χ4n) is 4.52. The third kappa shape index (κ3) is 3.05. The summed E-state index contributed by atoms with van der Waals surface area (Å²) in [5.74, 6) is -0.102. The fourth-order valence-corrected chi connectivity index (χ4v) is 5.88. The molecule has 1 fully saturated rings. The second-order valence-electron chi connectivity index (χ2n) is 8.41. The Morgan fingerprint density at radius 1 is 0.969 bits per heavy atom. The van der Waals surface area contributed by atoms with Crippen molar-refractivity contribution >= 4 is 35.0 Å². The molecular formula is C26H23FN2O2S. The van der Waals surface area contributed by atoms with E-state index in [0.29, 0.717) is 22.9 Å². The Hall–Kier alpha value is -3.12. The molecule has 6 heteroatoms. The van der Waals surface area contributed by atoms with Crippen molar-refractivity contribution in [1.82, 2.24) is 0 Å². The van der Waals surface area contributed by atoms with Crippen molar-refractivity contribution in [2.45, 2.75) is 31.2 Å². The second kappa shape index (κ2) is 7.78. The van der Waals surface area contributed by atoms with Gasteiger partial charge in [-0.3, -0.25) is 14.5 Å². The molecule has 0 saturated carbocycles. The van der Waals surface area contributed by atoms with E-state index in [1.165, 1.54) is 23.4 Å². The van der Waals surface area contributed by atoms with Crippen LogP contribution in [0, 0.1) is 5.82 Å². The molecule has 0 N–H and O–H groups in total. The highest BCUT2D eigenvalue weighted by molar-refractivity contribution is 8.02. The summed E-state index contributed by atoms with van der Waals surface area (Å²) in [4.78, 5) is 29.2. The van der Waals surface area contributed by atoms with Crippen LogP contribution in [0.3, 0.4) is 0 Å². The largest absolute Gasteiger partial charge is 0.304 e. The quantitative estimate of drug-likeness (QED) is 0.537. The van der Waals surface area contributed by atoms with E-state index in [4.69, 9.17) is 0 Å². The summed E-state index contributed by atoms with van der Waals surface area (Å²) in [6, 6.07) is 21.8. The first-order chi connectivity index (χ1) is 15.4. The SMILES string of the molecule is CC(C)c1ccc(N2C(=O)CS[C@@]23C(=O)N(Cc2ccccc2F)c2ccccc23)cc1. The van der Waals surface area contributed by atoms with Crippen LogP contribution in [-0.2, 0) is 21.0 Å². The average Bonchev–Trinajstić information content (AvgIpc) is 3.26. The standard InChI is InChI=1S/C26H23FN2O2S/c1-17(2)18-11-13-20(14-12-18)29-24(30)16-32-26(29)21-8-4-6-10-23(21)28(25(26)31)15-19-7-3-5-9-22(19)27/h3-14,17H,15-16H2,1-2H3/t26-/m0/s1. The van der Waals surface area contributed by atoms with E-state index < -0.39 is 4.87 Å². The number of hydrogen-bond acceptors (Lipinski definition) is 3. The molecule has 3 aromatic carbocycles. The number of amides is 2. The molecule has 2 aliphatic rings. The molecule has 1 spiro atoms. The predicted octanol–water partition coefficient (Wildman–Crippen LogP) is 5.43. The summed E-state index contributed by atoms with van der Waals surface area (Å²) in [5, 5.41) is 0. The molecule has 5 rings (SSSR count). The summed E-state index contributed by atoms with van der Waals surface area (Å²) in [6.45, 7) is 4.34. The van der Waals surface area contributed by atoms with Gasteiger partial charge >= 0.3 is 0 Å². The fraction of sp³-hybridized carbons (Fsp3) is 0.231. The number of carbonyl (C=O) groups is 2. The van der Waals surface area contributed by atoms with Crippen LogP contribution in [0.15, 0.2) is 72.8 Å². The van der Waals surface area contributed by atoms with E-state index in [2.05, 4.69) is 13.8 Å². The number of halogens is 1. The lowest BCUT2D eigenvalue weighted by atomic mass is 10.0. The van der Waals surface area contributed by atoms with E-state index in [9.17, 15) is 14.0 Å². The van der Waals surface area contributed by atoms with Crippen LogP contribution in [-0.4, -0.2) is 17.6 Å². The maximum Gasteiger partial charge on any atom is 0.269 e. The Balaban J connectivity index is 1.62. The van der Waals surface area contributed by atoms with Gasteiger partial charge in [0, 0.05) is 16.8 Å². The van der Waals surface area contributed by atoms with Crippen LogP contribution in [0.25, 0.3) is 0 Å². The molecule has 0 aromatic heterocycles. The molecule has 2 amide bonds.